The predicted molar refractivity (Wildman–Crippen MR) is 65.0 cm³/mol. The number of benzene rings is 1. The van der Waals surface area contributed by atoms with Crippen LogP contribution >= 0.6 is 0 Å². The van der Waals surface area contributed by atoms with Gasteiger partial charge in [-0.3, -0.25) is 9.59 Å². The van der Waals surface area contributed by atoms with Gasteiger partial charge in [-0.05, 0) is 25.0 Å². The molecule has 0 saturated carbocycles. The fourth-order valence-electron chi connectivity index (χ4n) is 1.46. The molecule has 84 valence electrons. The molecule has 0 bridgehead atoms. The smallest absolute Gasteiger partial charge is 0.166 e. The first-order valence-electron chi connectivity index (χ1n) is 5.46. The summed E-state index contributed by atoms with van der Waals surface area (Å²) in [7, 11) is 0. The molecule has 0 aliphatic heterocycles. The quantitative estimate of drug-likeness (QED) is 0.430. The minimum absolute atomic E-state index is 0.0705. The highest BCUT2D eigenvalue weighted by Crippen LogP contribution is 2.11. The predicted octanol–water partition coefficient (Wildman–Crippen LogP) is 3.03. The third-order valence-corrected chi connectivity index (χ3v) is 2.27. The number of hydrogen-bond acceptors (Lipinski definition) is 2. The van der Waals surface area contributed by atoms with Gasteiger partial charge in [0, 0.05) is 6.42 Å². The molecule has 1 aromatic rings. The van der Waals surface area contributed by atoms with Gasteiger partial charge in [-0.15, -0.1) is 0 Å². The van der Waals surface area contributed by atoms with Crippen molar-refractivity contribution in [1.82, 2.24) is 0 Å². The average molecular weight is 216 g/mol. The van der Waals surface area contributed by atoms with E-state index in [-0.39, 0.29) is 11.6 Å². The summed E-state index contributed by atoms with van der Waals surface area (Å²) in [5, 5.41) is 0. The molecule has 0 atom stereocenters. The van der Waals surface area contributed by atoms with E-state index in [9.17, 15) is 9.59 Å². The lowest BCUT2D eigenvalue weighted by molar-refractivity contribution is -0.120. The van der Waals surface area contributed by atoms with Gasteiger partial charge >= 0.3 is 0 Å². The number of carbonyl (C=O) groups is 2. The summed E-state index contributed by atoms with van der Waals surface area (Å²) in [6.45, 7) is 3.36. The maximum absolute atomic E-state index is 11.7. The minimum atomic E-state index is -0.165. The van der Waals surface area contributed by atoms with Gasteiger partial charge in [0.05, 0.1) is 5.57 Å². The van der Waals surface area contributed by atoms with E-state index < -0.39 is 0 Å². The molecule has 2 nitrogen and oxygen atoms in total. The molecule has 2 heteroatoms. The second-order valence-corrected chi connectivity index (χ2v) is 3.70. The Bertz CT molecular complexity index is 402. The zero-order chi connectivity index (χ0) is 12.0. The first kappa shape index (κ1) is 12.4. The maximum Gasteiger partial charge on any atom is 0.166 e. The summed E-state index contributed by atoms with van der Waals surface area (Å²) in [5.74, 6) is -0.235. The highest BCUT2D eigenvalue weighted by atomic mass is 16.1. The van der Waals surface area contributed by atoms with Crippen LogP contribution in [0.25, 0.3) is 6.08 Å². The molecule has 0 aliphatic rings. The average Bonchev–Trinajstić information content (AvgIpc) is 2.27. The second kappa shape index (κ2) is 6.01. The zero-order valence-corrected chi connectivity index (χ0v) is 9.69. The van der Waals surface area contributed by atoms with Crippen molar-refractivity contribution in [3.8, 4) is 0 Å². The maximum atomic E-state index is 11.7. The van der Waals surface area contributed by atoms with Crippen LogP contribution in [0.1, 0.15) is 32.3 Å². The lowest BCUT2D eigenvalue weighted by atomic mass is 10.0. The largest absolute Gasteiger partial charge is 0.294 e. The van der Waals surface area contributed by atoms with E-state index in [2.05, 4.69) is 0 Å². The van der Waals surface area contributed by atoms with E-state index in [1.165, 1.54) is 6.92 Å². The Morgan fingerprint density at radius 2 is 1.81 bits per heavy atom. The van der Waals surface area contributed by atoms with Gasteiger partial charge in [0.2, 0.25) is 0 Å². The molecule has 1 aromatic carbocycles. The summed E-state index contributed by atoms with van der Waals surface area (Å²) < 4.78 is 0. The second-order valence-electron chi connectivity index (χ2n) is 3.70. The van der Waals surface area contributed by atoms with Crippen LogP contribution < -0.4 is 0 Å². The first-order chi connectivity index (χ1) is 7.65. The molecule has 0 radical (unpaired) electrons. The topological polar surface area (TPSA) is 34.1 Å². The number of carbonyl (C=O) groups excluding carboxylic acids is 2. The molecule has 0 heterocycles. The summed E-state index contributed by atoms with van der Waals surface area (Å²) in [6, 6.07) is 9.42. The fourth-order valence-corrected chi connectivity index (χ4v) is 1.46. The number of Topliss-reactive ketones (excluding diaryl/α,β-unsaturated/α-hetero) is 2. The monoisotopic (exact) mass is 216 g/mol. The molecular weight excluding hydrogens is 200 g/mol. The molecule has 16 heavy (non-hydrogen) atoms. The van der Waals surface area contributed by atoms with E-state index in [1.807, 2.05) is 37.3 Å². The standard InChI is InChI=1S/C14H16O2/c1-3-7-14(16)13(11(2)15)10-12-8-5-4-6-9-12/h4-6,8-10H,3,7H2,1-2H3. The Kier molecular flexibility index (Phi) is 4.65. The van der Waals surface area contributed by atoms with E-state index >= 15 is 0 Å². The number of hydrogen-bond donors (Lipinski definition) is 0. The van der Waals surface area contributed by atoms with E-state index in [4.69, 9.17) is 0 Å². The molecule has 0 spiro atoms. The summed E-state index contributed by atoms with van der Waals surface area (Å²) in [5.41, 5.74) is 1.19. The van der Waals surface area contributed by atoms with Crippen molar-refractivity contribution >= 4 is 17.6 Å². The number of allylic oxidation sites excluding steroid dienone is 1. The van der Waals surface area contributed by atoms with Crippen LogP contribution in [-0.2, 0) is 9.59 Å². The first-order valence-corrected chi connectivity index (χ1v) is 5.46. The molecule has 0 aromatic heterocycles. The van der Waals surface area contributed by atoms with E-state index in [1.54, 1.807) is 6.08 Å². The molecule has 0 unspecified atom stereocenters. The highest BCUT2D eigenvalue weighted by molar-refractivity contribution is 6.22. The molecule has 0 saturated heterocycles. The molecule has 0 fully saturated rings. The third kappa shape index (κ3) is 3.46. The van der Waals surface area contributed by atoms with Crippen molar-refractivity contribution < 1.29 is 9.59 Å². The van der Waals surface area contributed by atoms with Crippen LogP contribution in [0.3, 0.4) is 0 Å². The number of ketones is 2. The van der Waals surface area contributed by atoms with Crippen molar-refractivity contribution in [2.24, 2.45) is 0 Å². The summed E-state index contributed by atoms with van der Waals surface area (Å²) >= 11 is 0. The SMILES string of the molecule is CCCC(=O)C(=Cc1ccccc1)C(C)=O. The summed E-state index contributed by atoms with van der Waals surface area (Å²) in [6.07, 6.45) is 2.86. The van der Waals surface area contributed by atoms with Crippen LogP contribution in [0.2, 0.25) is 0 Å². The molecule has 1 rings (SSSR count). The molecule has 0 N–H and O–H groups in total. The summed E-state index contributed by atoms with van der Waals surface area (Å²) in [4.78, 5) is 23.1. The van der Waals surface area contributed by atoms with Crippen LogP contribution in [0.15, 0.2) is 35.9 Å². The molecule has 0 amide bonds. The minimum Gasteiger partial charge on any atom is -0.294 e. The van der Waals surface area contributed by atoms with Gasteiger partial charge < -0.3 is 0 Å². The molecule has 0 aliphatic carbocycles. The van der Waals surface area contributed by atoms with Crippen LogP contribution in [0.5, 0.6) is 0 Å². The number of rotatable bonds is 5. The molecular formula is C14H16O2. The van der Waals surface area contributed by atoms with Crippen molar-refractivity contribution in [3.05, 3.63) is 41.5 Å². The van der Waals surface area contributed by atoms with Gasteiger partial charge in [0.1, 0.15) is 0 Å². The van der Waals surface area contributed by atoms with Crippen molar-refractivity contribution in [3.63, 3.8) is 0 Å². The lowest BCUT2D eigenvalue weighted by Crippen LogP contribution is -2.09. The fraction of sp³-hybridized carbons (Fsp3) is 0.286. The Labute approximate surface area is 96.0 Å². The van der Waals surface area contributed by atoms with Gasteiger partial charge in [0.15, 0.2) is 11.6 Å². The van der Waals surface area contributed by atoms with E-state index in [0.717, 1.165) is 12.0 Å². The van der Waals surface area contributed by atoms with Crippen LogP contribution in [-0.4, -0.2) is 11.6 Å². The van der Waals surface area contributed by atoms with Gasteiger partial charge in [-0.25, -0.2) is 0 Å². The van der Waals surface area contributed by atoms with Crippen LogP contribution in [0.4, 0.5) is 0 Å². The Morgan fingerprint density at radius 3 is 2.31 bits per heavy atom. The lowest BCUT2D eigenvalue weighted by Gasteiger charge is -2.01. The van der Waals surface area contributed by atoms with Gasteiger partial charge in [0.25, 0.3) is 0 Å². The Morgan fingerprint density at radius 1 is 1.19 bits per heavy atom. The Hall–Kier alpha value is -1.70. The van der Waals surface area contributed by atoms with Gasteiger partial charge in [-0.1, -0.05) is 37.3 Å². The van der Waals surface area contributed by atoms with Crippen molar-refractivity contribution in [2.75, 3.05) is 0 Å². The van der Waals surface area contributed by atoms with Crippen molar-refractivity contribution in [1.29, 1.82) is 0 Å². The van der Waals surface area contributed by atoms with Gasteiger partial charge in [-0.2, -0.15) is 0 Å². The Balaban J connectivity index is 2.99. The van der Waals surface area contributed by atoms with Crippen LogP contribution in [0, 0.1) is 0 Å². The van der Waals surface area contributed by atoms with E-state index in [0.29, 0.717) is 12.0 Å². The highest BCUT2D eigenvalue weighted by Gasteiger charge is 2.12. The van der Waals surface area contributed by atoms with Crippen molar-refractivity contribution in [2.45, 2.75) is 26.7 Å². The third-order valence-electron chi connectivity index (χ3n) is 2.27. The normalized spacial score (nSPS) is 11.2. The zero-order valence-electron chi connectivity index (χ0n) is 9.69.